The van der Waals surface area contributed by atoms with E-state index >= 15 is 0 Å². The summed E-state index contributed by atoms with van der Waals surface area (Å²) in [5.41, 5.74) is 0.375. The summed E-state index contributed by atoms with van der Waals surface area (Å²) in [5, 5.41) is 15.9. The molecule has 0 spiro atoms. The Morgan fingerprint density at radius 2 is 2.04 bits per heavy atom. The highest BCUT2D eigenvalue weighted by Crippen LogP contribution is 2.30. The normalized spacial score (nSPS) is 17.3. The van der Waals surface area contributed by atoms with Crippen molar-refractivity contribution < 1.29 is 14.6 Å². The number of urea groups is 1. The van der Waals surface area contributed by atoms with Gasteiger partial charge in [-0.2, -0.15) is 0 Å². The van der Waals surface area contributed by atoms with Crippen LogP contribution in [-0.2, 0) is 6.42 Å². The van der Waals surface area contributed by atoms with Gasteiger partial charge in [0, 0.05) is 12.6 Å². The molecule has 23 heavy (non-hydrogen) atoms. The minimum Gasteiger partial charge on any atom is -0.496 e. The van der Waals surface area contributed by atoms with Crippen LogP contribution in [0.15, 0.2) is 24.3 Å². The molecule has 1 fully saturated rings. The number of aliphatic hydroxyl groups is 1. The van der Waals surface area contributed by atoms with Gasteiger partial charge in [0.05, 0.1) is 12.7 Å². The Labute approximate surface area is 138 Å². The van der Waals surface area contributed by atoms with E-state index in [-0.39, 0.29) is 18.0 Å². The largest absolute Gasteiger partial charge is 0.496 e. The second-order valence-electron chi connectivity index (χ2n) is 6.77. The number of rotatable bonds is 7. The van der Waals surface area contributed by atoms with Crippen molar-refractivity contribution in [1.82, 2.24) is 10.6 Å². The summed E-state index contributed by atoms with van der Waals surface area (Å²) in [6, 6.07) is 7.64. The van der Waals surface area contributed by atoms with Gasteiger partial charge < -0.3 is 20.5 Å². The highest BCUT2D eigenvalue weighted by molar-refractivity contribution is 5.74. The highest BCUT2D eigenvalue weighted by atomic mass is 16.5. The predicted octanol–water partition coefficient (Wildman–Crippen LogP) is 2.48. The molecule has 0 heterocycles. The molecule has 5 nitrogen and oxygen atoms in total. The lowest BCUT2D eigenvalue weighted by molar-refractivity contribution is -0.0290. The van der Waals surface area contributed by atoms with Crippen molar-refractivity contribution in [3.63, 3.8) is 0 Å². The zero-order valence-electron chi connectivity index (χ0n) is 14.3. The maximum atomic E-state index is 12.1. The van der Waals surface area contributed by atoms with Crippen molar-refractivity contribution in [2.24, 2.45) is 5.92 Å². The van der Waals surface area contributed by atoms with Crippen LogP contribution in [-0.4, -0.2) is 36.4 Å². The zero-order valence-corrected chi connectivity index (χ0v) is 14.3. The molecule has 0 aromatic heterocycles. The fourth-order valence-corrected chi connectivity index (χ4v) is 2.79. The fraction of sp³-hybridized carbons (Fsp3) is 0.611. The fourth-order valence-electron chi connectivity index (χ4n) is 2.79. The number of ether oxygens (including phenoxy) is 1. The van der Waals surface area contributed by atoms with Gasteiger partial charge >= 0.3 is 6.03 Å². The molecule has 1 atom stereocenters. The highest BCUT2D eigenvalue weighted by Gasteiger charge is 2.34. The zero-order chi connectivity index (χ0) is 16.9. The van der Waals surface area contributed by atoms with Gasteiger partial charge in [-0.25, -0.2) is 4.79 Å². The number of benzene rings is 1. The third-order valence-corrected chi connectivity index (χ3v) is 4.62. The maximum Gasteiger partial charge on any atom is 0.315 e. The van der Waals surface area contributed by atoms with Gasteiger partial charge in [-0.15, -0.1) is 0 Å². The molecule has 5 heteroatoms. The number of nitrogens with one attached hydrogen (secondary N) is 2. The summed E-state index contributed by atoms with van der Waals surface area (Å²) in [7, 11) is 1.66. The van der Waals surface area contributed by atoms with Crippen molar-refractivity contribution in [2.75, 3.05) is 13.7 Å². The van der Waals surface area contributed by atoms with Gasteiger partial charge in [-0.3, -0.25) is 0 Å². The summed E-state index contributed by atoms with van der Waals surface area (Å²) >= 11 is 0. The molecule has 3 N–H and O–H groups in total. The van der Waals surface area contributed by atoms with Gasteiger partial charge in [0.1, 0.15) is 5.75 Å². The van der Waals surface area contributed by atoms with Crippen molar-refractivity contribution in [3.05, 3.63) is 29.8 Å². The van der Waals surface area contributed by atoms with Crippen LogP contribution in [0.25, 0.3) is 0 Å². The second-order valence-corrected chi connectivity index (χ2v) is 6.77. The van der Waals surface area contributed by atoms with Crippen LogP contribution in [0.3, 0.4) is 0 Å². The maximum absolute atomic E-state index is 12.1. The third-order valence-electron chi connectivity index (χ3n) is 4.62. The van der Waals surface area contributed by atoms with Crippen molar-refractivity contribution >= 4 is 6.03 Å². The number of methoxy groups -OCH3 is 1. The number of hydrogen-bond donors (Lipinski definition) is 3. The third kappa shape index (κ3) is 4.86. The van der Waals surface area contributed by atoms with Crippen molar-refractivity contribution in [1.29, 1.82) is 0 Å². The lowest BCUT2D eigenvalue weighted by atomic mass is 9.80. The van der Waals surface area contributed by atoms with E-state index in [1.165, 1.54) is 0 Å². The van der Waals surface area contributed by atoms with E-state index < -0.39 is 5.60 Å². The smallest absolute Gasteiger partial charge is 0.315 e. The molecule has 0 bridgehead atoms. The van der Waals surface area contributed by atoms with Gasteiger partial charge in [0.25, 0.3) is 0 Å². The predicted molar refractivity (Wildman–Crippen MR) is 90.7 cm³/mol. The van der Waals surface area contributed by atoms with Crippen LogP contribution >= 0.6 is 0 Å². The monoisotopic (exact) mass is 320 g/mol. The Morgan fingerprint density at radius 3 is 2.61 bits per heavy atom. The van der Waals surface area contributed by atoms with E-state index in [1.807, 2.05) is 24.3 Å². The van der Waals surface area contributed by atoms with Crippen LogP contribution < -0.4 is 15.4 Å². The first-order chi connectivity index (χ1) is 10.9. The Kier molecular flexibility index (Phi) is 5.88. The molecular weight excluding hydrogens is 292 g/mol. The summed E-state index contributed by atoms with van der Waals surface area (Å²) < 4.78 is 5.38. The molecular formula is C18H28N2O3. The molecule has 0 radical (unpaired) electrons. The van der Waals surface area contributed by atoms with Crippen LogP contribution in [0.1, 0.15) is 38.7 Å². The summed E-state index contributed by atoms with van der Waals surface area (Å²) in [5.74, 6) is 1.13. The summed E-state index contributed by atoms with van der Waals surface area (Å²) in [6.07, 6.45) is 3.27. The molecule has 0 saturated heterocycles. The molecule has 1 aliphatic carbocycles. The van der Waals surface area contributed by atoms with E-state index in [0.717, 1.165) is 30.6 Å². The number of carbonyl (C=O) groups excluding carboxylic acids is 1. The molecule has 128 valence electrons. The van der Waals surface area contributed by atoms with Crippen LogP contribution in [0.2, 0.25) is 0 Å². The Balaban J connectivity index is 1.91. The van der Waals surface area contributed by atoms with E-state index in [4.69, 9.17) is 4.74 Å². The van der Waals surface area contributed by atoms with Crippen LogP contribution in [0, 0.1) is 5.92 Å². The average molecular weight is 320 g/mol. The molecule has 1 aliphatic rings. The van der Waals surface area contributed by atoms with Crippen LogP contribution in [0.4, 0.5) is 4.79 Å². The minimum atomic E-state index is -0.701. The standard InChI is InChI=1S/C18H28N2O3/c1-13(2)15(11-14-7-4-5-8-16(14)23-3)20-17(21)19-12-18(22)9-6-10-18/h4-5,7-8,13,15,22H,6,9-12H2,1-3H3,(H2,19,20,21). The molecule has 1 unspecified atom stereocenters. The molecule has 0 aliphatic heterocycles. The van der Waals surface area contributed by atoms with Crippen molar-refractivity contribution in [2.45, 2.75) is 51.2 Å². The van der Waals surface area contributed by atoms with E-state index in [1.54, 1.807) is 7.11 Å². The molecule has 2 amide bonds. The number of amides is 2. The Hall–Kier alpha value is -1.75. The van der Waals surface area contributed by atoms with Gasteiger partial charge in [-0.05, 0) is 43.2 Å². The quantitative estimate of drug-likeness (QED) is 0.723. The topological polar surface area (TPSA) is 70.6 Å². The minimum absolute atomic E-state index is 0.00216. The van der Waals surface area contributed by atoms with Gasteiger partial charge in [0.15, 0.2) is 0 Å². The lowest BCUT2D eigenvalue weighted by Crippen LogP contribution is -2.52. The SMILES string of the molecule is COc1ccccc1CC(NC(=O)NCC1(O)CCC1)C(C)C. The first-order valence-electron chi connectivity index (χ1n) is 8.32. The molecule has 1 aromatic rings. The van der Waals surface area contributed by atoms with E-state index in [2.05, 4.69) is 24.5 Å². The first kappa shape index (κ1) is 17.6. The summed E-state index contributed by atoms with van der Waals surface area (Å²) in [4.78, 5) is 12.1. The van der Waals surface area contributed by atoms with Crippen LogP contribution in [0.5, 0.6) is 5.75 Å². The van der Waals surface area contributed by atoms with E-state index in [9.17, 15) is 9.90 Å². The summed E-state index contributed by atoms with van der Waals surface area (Å²) in [6.45, 7) is 4.48. The molecule has 2 rings (SSSR count). The second kappa shape index (κ2) is 7.68. The molecule has 1 aromatic carbocycles. The van der Waals surface area contributed by atoms with Gasteiger partial charge in [-0.1, -0.05) is 32.0 Å². The van der Waals surface area contributed by atoms with Crippen molar-refractivity contribution in [3.8, 4) is 5.75 Å². The Morgan fingerprint density at radius 1 is 1.35 bits per heavy atom. The number of hydrogen-bond acceptors (Lipinski definition) is 3. The lowest BCUT2D eigenvalue weighted by Gasteiger charge is -2.36. The Bertz CT molecular complexity index is 527. The van der Waals surface area contributed by atoms with Gasteiger partial charge in [0.2, 0.25) is 0 Å². The molecule has 1 saturated carbocycles. The number of para-hydroxylation sites is 1. The first-order valence-corrected chi connectivity index (χ1v) is 8.32. The average Bonchev–Trinajstić information content (AvgIpc) is 2.50. The van der Waals surface area contributed by atoms with E-state index in [0.29, 0.717) is 13.0 Å². The number of carbonyl (C=O) groups is 1.